The lowest BCUT2D eigenvalue weighted by atomic mass is 9.93. The second kappa shape index (κ2) is 9.83. The van der Waals surface area contributed by atoms with Crippen molar-refractivity contribution < 1.29 is 18.0 Å². The molecule has 9 heteroatoms. The van der Waals surface area contributed by atoms with Crippen LogP contribution in [0.1, 0.15) is 32.8 Å². The number of benzene rings is 2. The molecule has 0 saturated carbocycles. The van der Waals surface area contributed by atoms with Crippen LogP contribution >= 0.6 is 11.6 Å². The molecule has 3 rings (SSSR count). The number of carbonyl (C=O) groups is 2. The van der Waals surface area contributed by atoms with E-state index in [1.165, 1.54) is 17.0 Å². The lowest BCUT2D eigenvalue weighted by molar-refractivity contribution is -0.132. The van der Waals surface area contributed by atoms with E-state index >= 15 is 0 Å². The number of nitrogens with one attached hydrogen (secondary N) is 1. The van der Waals surface area contributed by atoms with Gasteiger partial charge < -0.3 is 5.32 Å². The zero-order chi connectivity index (χ0) is 24.4. The minimum Gasteiger partial charge on any atom is -0.354 e. The normalized spacial score (nSPS) is 19.7. The summed E-state index contributed by atoms with van der Waals surface area (Å²) in [5.41, 5.74) is -0.331. The van der Waals surface area contributed by atoms with Gasteiger partial charge in [0.1, 0.15) is 5.54 Å². The van der Waals surface area contributed by atoms with Crippen molar-refractivity contribution in [2.75, 3.05) is 24.5 Å². The number of anilines is 1. The van der Waals surface area contributed by atoms with Crippen LogP contribution < -0.4 is 10.2 Å². The van der Waals surface area contributed by atoms with Gasteiger partial charge in [-0.15, -0.1) is 0 Å². The molecule has 1 fully saturated rings. The lowest BCUT2D eigenvalue weighted by Gasteiger charge is -2.47. The highest BCUT2D eigenvalue weighted by molar-refractivity contribution is 7.89. The fraction of sp³-hybridized carbons (Fsp3) is 0.417. The molecule has 0 unspecified atom stereocenters. The Hall–Kier alpha value is -2.42. The molecule has 2 aromatic rings. The Morgan fingerprint density at radius 3 is 2.45 bits per heavy atom. The maximum atomic E-state index is 13.5. The molecule has 178 valence electrons. The summed E-state index contributed by atoms with van der Waals surface area (Å²) in [5, 5.41) is 3.36. The summed E-state index contributed by atoms with van der Waals surface area (Å²) in [4.78, 5) is 28.4. The topological polar surface area (TPSA) is 86.8 Å². The molecule has 1 saturated heterocycles. The van der Waals surface area contributed by atoms with Gasteiger partial charge in [0.15, 0.2) is 0 Å². The van der Waals surface area contributed by atoms with Crippen LogP contribution in [-0.4, -0.2) is 49.7 Å². The highest BCUT2D eigenvalue weighted by atomic mass is 35.5. The standard InChI is InChI=1S/C24H30ClN3O4S/c1-17(2)13-14-26-23(30)24(4)16-27(33(31,32)19-9-6-5-7-10-19)15-22(29)28(24)21-12-8-11-20(25)18(21)3/h5-12,17H,13-16H2,1-4H3,(H,26,30)/t24-/m0/s1. The number of hydrogen-bond donors (Lipinski definition) is 1. The third kappa shape index (κ3) is 5.08. The van der Waals surface area contributed by atoms with Crippen LogP contribution in [0.25, 0.3) is 0 Å². The molecule has 0 aromatic heterocycles. The van der Waals surface area contributed by atoms with Crippen LogP contribution in [0.3, 0.4) is 0 Å². The molecule has 1 aliphatic heterocycles. The minimum atomic E-state index is -3.98. The average Bonchev–Trinajstić information content (AvgIpc) is 2.76. The van der Waals surface area contributed by atoms with E-state index < -0.39 is 27.4 Å². The Bertz CT molecular complexity index is 1140. The summed E-state index contributed by atoms with van der Waals surface area (Å²) in [7, 11) is -3.98. The molecule has 7 nitrogen and oxygen atoms in total. The number of halogens is 1. The summed E-state index contributed by atoms with van der Waals surface area (Å²) < 4.78 is 27.7. The molecule has 0 spiro atoms. The summed E-state index contributed by atoms with van der Waals surface area (Å²) >= 11 is 6.31. The van der Waals surface area contributed by atoms with Crippen LogP contribution in [0.2, 0.25) is 5.02 Å². The Balaban J connectivity index is 2.05. The number of amides is 2. The van der Waals surface area contributed by atoms with Crippen molar-refractivity contribution in [1.82, 2.24) is 9.62 Å². The molecule has 1 heterocycles. The molecule has 2 amide bonds. The number of rotatable bonds is 7. The van der Waals surface area contributed by atoms with Gasteiger partial charge in [-0.1, -0.05) is 49.7 Å². The Morgan fingerprint density at radius 2 is 1.82 bits per heavy atom. The SMILES string of the molecule is Cc1c(Cl)cccc1N1C(=O)CN(S(=O)(=O)c2ccccc2)C[C@@]1(C)C(=O)NCCC(C)C. The first-order chi connectivity index (χ1) is 15.5. The highest BCUT2D eigenvalue weighted by Crippen LogP contribution is 2.36. The first-order valence-corrected chi connectivity index (χ1v) is 12.7. The lowest BCUT2D eigenvalue weighted by Crippen LogP contribution is -2.70. The number of piperazine rings is 1. The first-order valence-electron chi connectivity index (χ1n) is 10.9. The maximum absolute atomic E-state index is 13.5. The summed E-state index contributed by atoms with van der Waals surface area (Å²) in [6.07, 6.45) is 0.762. The molecule has 1 aliphatic rings. The molecule has 33 heavy (non-hydrogen) atoms. The highest BCUT2D eigenvalue weighted by Gasteiger charge is 2.51. The van der Waals surface area contributed by atoms with Crippen LogP contribution in [0.5, 0.6) is 0 Å². The van der Waals surface area contributed by atoms with E-state index in [2.05, 4.69) is 5.32 Å². The third-order valence-electron chi connectivity index (χ3n) is 5.90. The molecular formula is C24H30ClN3O4S. The zero-order valence-electron chi connectivity index (χ0n) is 19.3. The molecule has 2 aromatic carbocycles. The largest absolute Gasteiger partial charge is 0.354 e. The van der Waals surface area contributed by atoms with Gasteiger partial charge in [-0.3, -0.25) is 14.5 Å². The van der Waals surface area contributed by atoms with Crippen LogP contribution in [0.4, 0.5) is 5.69 Å². The molecule has 0 radical (unpaired) electrons. The van der Waals surface area contributed by atoms with E-state index in [-0.39, 0.29) is 18.0 Å². The van der Waals surface area contributed by atoms with E-state index in [0.717, 1.165) is 10.7 Å². The van der Waals surface area contributed by atoms with Crippen LogP contribution in [0.15, 0.2) is 53.4 Å². The number of hydrogen-bond acceptors (Lipinski definition) is 4. The van der Waals surface area contributed by atoms with Crippen molar-refractivity contribution in [3.8, 4) is 0 Å². The minimum absolute atomic E-state index is 0.0766. The predicted octanol–water partition coefficient (Wildman–Crippen LogP) is 3.61. The van der Waals surface area contributed by atoms with Gasteiger partial charge >= 0.3 is 0 Å². The van der Waals surface area contributed by atoms with Crippen LogP contribution in [0, 0.1) is 12.8 Å². The number of sulfonamides is 1. The Labute approximate surface area is 200 Å². The number of nitrogens with zero attached hydrogens (tertiary/aromatic N) is 2. The predicted molar refractivity (Wildman–Crippen MR) is 130 cm³/mol. The third-order valence-corrected chi connectivity index (χ3v) is 8.11. The Morgan fingerprint density at radius 1 is 1.15 bits per heavy atom. The van der Waals surface area contributed by atoms with Gasteiger partial charge in [-0.2, -0.15) is 4.31 Å². The number of carbonyl (C=O) groups excluding carboxylic acids is 2. The summed E-state index contributed by atoms with van der Waals surface area (Å²) in [6.45, 7) is 7.33. The van der Waals surface area contributed by atoms with E-state index in [1.807, 2.05) is 13.8 Å². The van der Waals surface area contributed by atoms with Gasteiger partial charge in [-0.25, -0.2) is 8.42 Å². The molecule has 1 N–H and O–H groups in total. The van der Waals surface area contributed by atoms with Gasteiger partial charge in [0, 0.05) is 23.8 Å². The molecular weight excluding hydrogens is 462 g/mol. The first kappa shape index (κ1) is 25.2. The van der Waals surface area contributed by atoms with Crippen molar-refractivity contribution in [3.05, 3.63) is 59.1 Å². The van der Waals surface area contributed by atoms with E-state index in [1.54, 1.807) is 50.2 Å². The molecule has 1 atom stereocenters. The monoisotopic (exact) mass is 491 g/mol. The average molecular weight is 492 g/mol. The zero-order valence-corrected chi connectivity index (χ0v) is 20.9. The summed E-state index contributed by atoms with van der Waals surface area (Å²) in [6, 6.07) is 13.1. The fourth-order valence-electron chi connectivity index (χ4n) is 3.95. The second-order valence-electron chi connectivity index (χ2n) is 8.91. The maximum Gasteiger partial charge on any atom is 0.247 e. The van der Waals surface area contributed by atoms with E-state index in [9.17, 15) is 18.0 Å². The van der Waals surface area contributed by atoms with E-state index in [4.69, 9.17) is 11.6 Å². The molecule has 0 aliphatic carbocycles. The fourth-order valence-corrected chi connectivity index (χ4v) is 5.63. The summed E-state index contributed by atoms with van der Waals surface area (Å²) in [5.74, 6) is -0.524. The smallest absolute Gasteiger partial charge is 0.247 e. The Kier molecular flexibility index (Phi) is 7.51. The van der Waals surface area contributed by atoms with Crippen molar-refractivity contribution in [1.29, 1.82) is 0 Å². The van der Waals surface area contributed by atoms with Crippen molar-refractivity contribution in [2.45, 2.75) is 44.6 Å². The van der Waals surface area contributed by atoms with Crippen molar-refractivity contribution in [2.24, 2.45) is 5.92 Å². The van der Waals surface area contributed by atoms with Gasteiger partial charge in [0.05, 0.1) is 11.4 Å². The van der Waals surface area contributed by atoms with Crippen LogP contribution in [-0.2, 0) is 19.6 Å². The molecule has 0 bridgehead atoms. The van der Waals surface area contributed by atoms with Crippen molar-refractivity contribution in [3.63, 3.8) is 0 Å². The van der Waals surface area contributed by atoms with Crippen molar-refractivity contribution >= 4 is 39.1 Å². The second-order valence-corrected chi connectivity index (χ2v) is 11.3. The van der Waals surface area contributed by atoms with Gasteiger partial charge in [0.2, 0.25) is 21.8 Å². The van der Waals surface area contributed by atoms with Gasteiger partial charge in [0.25, 0.3) is 0 Å². The van der Waals surface area contributed by atoms with E-state index in [0.29, 0.717) is 28.7 Å². The van der Waals surface area contributed by atoms with Gasteiger partial charge in [-0.05, 0) is 56.0 Å². The quantitative estimate of drug-likeness (QED) is 0.641.